The van der Waals surface area contributed by atoms with Gasteiger partial charge in [-0.15, -0.1) is 0 Å². The maximum atomic E-state index is 5.65. The van der Waals surface area contributed by atoms with Gasteiger partial charge >= 0.3 is 0 Å². The molecule has 0 bridgehead atoms. The van der Waals surface area contributed by atoms with E-state index in [0.717, 1.165) is 10.9 Å². The summed E-state index contributed by atoms with van der Waals surface area (Å²) in [5.41, 5.74) is 4.78. The number of hydrogen-bond donors (Lipinski definition) is 2. The third kappa shape index (κ3) is 2.65. The molecule has 0 aromatic heterocycles. The molecule has 1 saturated carbocycles. The Balaban J connectivity index is 2.00. The van der Waals surface area contributed by atoms with Crippen molar-refractivity contribution in [3.8, 4) is 0 Å². The van der Waals surface area contributed by atoms with Gasteiger partial charge in [-0.3, -0.25) is 11.3 Å². The first-order valence-corrected chi connectivity index (χ1v) is 6.53. The molecule has 1 aromatic carbocycles. The zero-order valence-electron chi connectivity index (χ0n) is 9.83. The van der Waals surface area contributed by atoms with E-state index in [9.17, 15) is 0 Å². The maximum Gasteiger partial charge on any atom is 0.0284 e. The minimum Gasteiger partial charge on any atom is -0.271 e. The number of rotatable bonds is 4. The van der Waals surface area contributed by atoms with E-state index in [1.54, 1.807) is 0 Å². The monoisotopic (exact) mass is 282 g/mol. The van der Waals surface area contributed by atoms with Gasteiger partial charge in [0.15, 0.2) is 0 Å². The maximum absolute atomic E-state index is 5.65. The molecule has 2 atom stereocenters. The van der Waals surface area contributed by atoms with E-state index in [1.165, 1.54) is 12.0 Å². The Morgan fingerprint density at radius 1 is 1.44 bits per heavy atom. The van der Waals surface area contributed by atoms with Crippen LogP contribution >= 0.6 is 15.9 Å². The normalized spacial score (nSPS) is 24.1. The molecule has 0 amide bonds. The second kappa shape index (κ2) is 4.47. The van der Waals surface area contributed by atoms with Crippen molar-refractivity contribution in [2.24, 2.45) is 17.2 Å². The molecule has 1 aromatic rings. The van der Waals surface area contributed by atoms with Crippen molar-refractivity contribution < 1.29 is 0 Å². The van der Waals surface area contributed by atoms with Crippen molar-refractivity contribution in [1.82, 2.24) is 5.43 Å². The molecule has 3 heteroatoms. The third-order valence-electron chi connectivity index (χ3n) is 3.66. The molecule has 2 nitrogen and oxygen atoms in total. The molecule has 1 fully saturated rings. The molecular formula is C13H19BrN2. The van der Waals surface area contributed by atoms with E-state index >= 15 is 0 Å². The highest BCUT2D eigenvalue weighted by Crippen LogP contribution is 2.53. The number of nitrogens with one attached hydrogen (secondary N) is 1. The molecule has 3 N–H and O–H groups in total. The van der Waals surface area contributed by atoms with E-state index < -0.39 is 0 Å². The lowest BCUT2D eigenvalue weighted by atomic mass is 9.98. The molecule has 0 radical (unpaired) electrons. The number of nitrogens with two attached hydrogens (primary N) is 1. The molecule has 0 spiro atoms. The average Bonchev–Trinajstić information content (AvgIpc) is 2.87. The van der Waals surface area contributed by atoms with Gasteiger partial charge in [-0.2, -0.15) is 0 Å². The van der Waals surface area contributed by atoms with Crippen molar-refractivity contribution in [3.63, 3.8) is 0 Å². The van der Waals surface area contributed by atoms with E-state index in [-0.39, 0.29) is 0 Å². The van der Waals surface area contributed by atoms with Gasteiger partial charge in [0.1, 0.15) is 0 Å². The largest absolute Gasteiger partial charge is 0.271 e. The number of benzene rings is 1. The first-order valence-electron chi connectivity index (χ1n) is 5.73. The van der Waals surface area contributed by atoms with Gasteiger partial charge in [0, 0.05) is 10.5 Å². The van der Waals surface area contributed by atoms with Crippen LogP contribution in [0.5, 0.6) is 0 Å². The first kappa shape index (κ1) is 12.1. The van der Waals surface area contributed by atoms with E-state index in [4.69, 9.17) is 5.84 Å². The summed E-state index contributed by atoms with van der Waals surface area (Å²) in [5.74, 6) is 6.36. The van der Waals surface area contributed by atoms with Crippen molar-refractivity contribution >= 4 is 15.9 Å². The molecule has 16 heavy (non-hydrogen) atoms. The van der Waals surface area contributed by atoms with Gasteiger partial charge in [0.05, 0.1) is 0 Å². The molecule has 1 aliphatic rings. The van der Waals surface area contributed by atoms with Crippen LogP contribution in [0.1, 0.15) is 25.8 Å². The van der Waals surface area contributed by atoms with Crippen LogP contribution in [0.3, 0.4) is 0 Å². The number of hydrogen-bond acceptors (Lipinski definition) is 2. The van der Waals surface area contributed by atoms with Gasteiger partial charge in [-0.05, 0) is 41.9 Å². The molecule has 2 rings (SSSR count). The van der Waals surface area contributed by atoms with Crippen molar-refractivity contribution in [2.45, 2.75) is 32.7 Å². The van der Waals surface area contributed by atoms with Crippen LogP contribution < -0.4 is 11.3 Å². The fraction of sp³-hybridized carbons (Fsp3) is 0.538. The molecule has 88 valence electrons. The number of hydrazine groups is 1. The van der Waals surface area contributed by atoms with E-state index in [1.807, 2.05) is 0 Å². The van der Waals surface area contributed by atoms with Gasteiger partial charge in [-0.1, -0.05) is 41.9 Å². The SMILES string of the molecule is CC1(C)CC1C(Cc1ccc(Br)cc1)NN. The average molecular weight is 283 g/mol. The summed E-state index contributed by atoms with van der Waals surface area (Å²) >= 11 is 3.45. The van der Waals surface area contributed by atoms with Gasteiger partial charge < -0.3 is 0 Å². The third-order valence-corrected chi connectivity index (χ3v) is 4.19. The Hall–Kier alpha value is -0.380. The fourth-order valence-corrected chi connectivity index (χ4v) is 2.65. The summed E-state index contributed by atoms with van der Waals surface area (Å²) in [5, 5.41) is 0. The van der Waals surface area contributed by atoms with Crippen LogP contribution in [0.4, 0.5) is 0 Å². The topological polar surface area (TPSA) is 38.0 Å². The summed E-state index contributed by atoms with van der Waals surface area (Å²) in [7, 11) is 0. The highest BCUT2D eigenvalue weighted by Gasteiger charge is 2.49. The molecule has 0 saturated heterocycles. The Bertz CT molecular complexity index is 359. The minimum absolute atomic E-state index is 0.399. The van der Waals surface area contributed by atoms with Gasteiger partial charge in [-0.25, -0.2) is 0 Å². The summed E-state index contributed by atoms with van der Waals surface area (Å²) in [6.07, 6.45) is 2.29. The molecular weight excluding hydrogens is 264 g/mol. The van der Waals surface area contributed by atoms with E-state index in [0.29, 0.717) is 17.4 Å². The lowest BCUT2D eigenvalue weighted by Gasteiger charge is -2.17. The van der Waals surface area contributed by atoms with Gasteiger partial charge in [0.25, 0.3) is 0 Å². The Morgan fingerprint density at radius 2 is 2.00 bits per heavy atom. The summed E-state index contributed by atoms with van der Waals surface area (Å²) in [4.78, 5) is 0. The van der Waals surface area contributed by atoms with Crippen molar-refractivity contribution in [3.05, 3.63) is 34.3 Å². The van der Waals surface area contributed by atoms with Gasteiger partial charge in [0.2, 0.25) is 0 Å². The van der Waals surface area contributed by atoms with Crippen LogP contribution in [-0.4, -0.2) is 6.04 Å². The fourth-order valence-electron chi connectivity index (χ4n) is 2.39. The van der Waals surface area contributed by atoms with Crippen LogP contribution in [0.25, 0.3) is 0 Å². The zero-order chi connectivity index (χ0) is 11.8. The smallest absolute Gasteiger partial charge is 0.0284 e. The van der Waals surface area contributed by atoms with Crippen LogP contribution in [0.2, 0.25) is 0 Å². The van der Waals surface area contributed by atoms with Crippen molar-refractivity contribution in [1.29, 1.82) is 0 Å². The van der Waals surface area contributed by atoms with Crippen LogP contribution in [0, 0.1) is 11.3 Å². The summed E-state index contributed by atoms with van der Waals surface area (Å²) < 4.78 is 1.13. The minimum atomic E-state index is 0.399. The quantitative estimate of drug-likeness (QED) is 0.658. The second-order valence-corrected chi connectivity index (χ2v) is 6.32. The highest BCUT2D eigenvalue weighted by atomic mass is 79.9. The number of halogens is 1. The predicted molar refractivity (Wildman–Crippen MR) is 70.8 cm³/mol. The molecule has 0 aliphatic heterocycles. The molecule has 1 aliphatic carbocycles. The lowest BCUT2D eigenvalue weighted by Crippen LogP contribution is -2.39. The molecule has 2 unspecified atom stereocenters. The first-order chi connectivity index (χ1) is 7.53. The van der Waals surface area contributed by atoms with Crippen molar-refractivity contribution in [2.75, 3.05) is 0 Å². The summed E-state index contributed by atoms with van der Waals surface area (Å²) in [6, 6.07) is 8.88. The second-order valence-electron chi connectivity index (χ2n) is 5.40. The highest BCUT2D eigenvalue weighted by molar-refractivity contribution is 9.10. The Labute approximate surface area is 106 Å². The Kier molecular flexibility index (Phi) is 3.38. The molecule has 0 heterocycles. The lowest BCUT2D eigenvalue weighted by molar-refractivity contribution is 0.409. The van der Waals surface area contributed by atoms with Crippen LogP contribution in [0.15, 0.2) is 28.7 Å². The summed E-state index contributed by atoms with van der Waals surface area (Å²) in [6.45, 7) is 4.62. The van der Waals surface area contributed by atoms with Crippen LogP contribution in [-0.2, 0) is 6.42 Å². The standard InChI is InChI=1S/C13H19BrN2/c1-13(2)8-11(13)12(16-15)7-9-3-5-10(14)6-4-9/h3-6,11-12,16H,7-8,15H2,1-2H3. The van der Waals surface area contributed by atoms with E-state index in [2.05, 4.69) is 59.5 Å². The zero-order valence-corrected chi connectivity index (χ0v) is 11.4. The predicted octanol–water partition coefficient (Wildman–Crippen LogP) is 2.87. The Morgan fingerprint density at radius 3 is 2.44 bits per heavy atom.